The first kappa shape index (κ1) is 20.8. The Morgan fingerprint density at radius 2 is 1.75 bits per heavy atom. The van der Waals surface area contributed by atoms with Gasteiger partial charge in [-0.3, -0.25) is 9.59 Å². The van der Waals surface area contributed by atoms with Crippen molar-refractivity contribution in [2.45, 2.75) is 51.0 Å². The van der Waals surface area contributed by atoms with E-state index in [1.165, 1.54) is 19.1 Å². The zero-order valence-electron chi connectivity index (χ0n) is 16.7. The van der Waals surface area contributed by atoms with E-state index in [1.54, 1.807) is 16.4 Å². The largest absolute Gasteiger partial charge is 0.340 e. The minimum Gasteiger partial charge on any atom is -0.340 e. The predicted octanol–water partition coefficient (Wildman–Crippen LogP) is 2.30. The number of anilines is 1. The number of hydrogen-bond acceptors (Lipinski definition) is 4. The third-order valence-corrected chi connectivity index (χ3v) is 7.67. The summed E-state index contributed by atoms with van der Waals surface area (Å²) in [6.45, 7) is 7.04. The van der Waals surface area contributed by atoms with E-state index in [0.717, 1.165) is 6.42 Å². The number of rotatable bonds is 4. The number of likely N-dealkylation sites (tertiary alicyclic amines) is 1. The number of carbonyl (C=O) groups excluding carboxylic acids is 2. The number of fused-ring (bicyclic) bond motifs is 1. The quantitative estimate of drug-likeness (QED) is 0.830. The lowest BCUT2D eigenvalue weighted by Gasteiger charge is -2.36. The van der Waals surface area contributed by atoms with Crippen LogP contribution in [0.15, 0.2) is 29.2 Å². The smallest absolute Gasteiger partial charge is 0.243 e. The van der Waals surface area contributed by atoms with Gasteiger partial charge in [-0.05, 0) is 62.8 Å². The van der Waals surface area contributed by atoms with E-state index in [0.29, 0.717) is 38.2 Å². The summed E-state index contributed by atoms with van der Waals surface area (Å²) in [5.74, 6) is 0.447. The molecular weight excluding hydrogens is 378 g/mol. The Morgan fingerprint density at radius 3 is 2.36 bits per heavy atom. The summed E-state index contributed by atoms with van der Waals surface area (Å²) < 4.78 is 27.7. The highest BCUT2D eigenvalue weighted by Gasteiger charge is 2.39. The summed E-state index contributed by atoms with van der Waals surface area (Å²) in [6, 6.07) is 6.44. The fraction of sp³-hybridized carbons (Fsp3) is 0.600. The van der Waals surface area contributed by atoms with Gasteiger partial charge in [-0.1, -0.05) is 0 Å². The van der Waals surface area contributed by atoms with E-state index in [2.05, 4.69) is 5.32 Å². The lowest BCUT2D eigenvalue weighted by molar-refractivity contribution is -0.133. The predicted molar refractivity (Wildman–Crippen MR) is 107 cm³/mol. The molecule has 0 radical (unpaired) electrons. The highest BCUT2D eigenvalue weighted by atomic mass is 32.2. The van der Waals surface area contributed by atoms with Gasteiger partial charge >= 0.3 is 0 Å². The molecule has 2 unspecified atom stereocenters. The van der Waals surface area contributed by atoms with Crippen LogP contribution in [-0.2, 0) is 19.6 Å². The third kappa shape index (κ3) is 4.38. The Kier molecular flexibility index (Phi) is 6.09. The van der Waals surface area contributed by atoms with Gasteiger partial charge in [-0.25, -0.2) is 8.42 Å². The molecule has 2 saturated heterocycles. The van der Waals surface area contributed by atoms with Crippen molar-refractivity contribution in [3.63, 3.8) is 0 Å². The highest BCUT2D eigenvalue weighted by molar-refractivity contribution is 7.89. The van der Waals surface area contributed by atoms with Gasteiger partial charge in [0.05, 0.1) is 4.90 Å². The minimum absolute atomic E-state index is 0.176. The van der Waals surface area contributed by atoms with E-state index >= 15 is 0 Å². The monoisotopic (exact) mass is 407 g/mol. The van der Waals surface area contributed by atoms with Gasteiger partial charge < -0.3 is 10.2 Å². The molecule has 0 aliphatic carbocycles. The molecule has 1 N–H and O–H groups in total. The van der Waals surface area contributed by atoms with Crippen LogP contribution in [-0.4, -0.2) is 55.1 Å². The van der Waals surface area contributed by atoms with Crippen molar-refractivity contribution in [3.05, 3.63) is 24.3 Å². The summed E-state index contributed by atoms with van der Waals surface area (Å²) >= 11 is 0. The fourth-order valence-corrected chi connectivity index (χ4v) is 5.75. The average molecular weight is 408 g/mol. The first-order valence-corrected chi connectivity index (χ1v) is 11.3. The van der Waals surface area contributed by atoms with E-state index in [4.69, 9.17) is 0 Å². The average Bonchev–Trinajstić information content (AvgIpc) is 2.79. The maximum Gasteiger partial charge on any atom is 0.243 e. The van der Waals surface area contributed by atoms with E-state index in [-0.39, 0.29) is 34.6 Å². The third-order valence-electron chi connectivity index (χ3n) is 5.79. The van der Waals surface area contributed by atoms with Crippen molar-refractivity contribution in [2.24, 2.45) is 11.8 Å². The molecule has 2 atom stereocenters. The second kappa shape index (κ2) is 8.21. The lowest BCUT2D eigenvalue weighted by Crippen LogP contribution is -2.43. The lowest BCUT2D eigenvalue weighted by atomic mass is 9.83. The first-order valence-electron chi connectivity index (χ1n) is 9.85. The zero-order valence-corrected chi connectivity index (χ0v) is 17.5. The fourth-order valence-electron chi connectivity index (χ4n) is 4.24. The molecule has 154 valence electrons. The number of hydrogen-bond donors (Lipinski definition) is 1. The van der Waals surface area contributed by atoms with Crippen molar-refractivity contribution in [1.82, 2.24) is 9.21 Å². The van der Waals surface area contributed by atoms with Crippen LogP contribution in [0.2, 0.25) is 0 Å². The SMILES string of the molecule is CC(=O)Nc1ccc(S(=O)(=O)N2CCC3CC(=O)N(C(C)C)CCC3C2)cc1. The van der Waals surface area contributed by atoms with Crippen molar-refractivity contribution in [3.8, 4) is 0 Å². The van der Waals surface area contributed by atoms with Crippen molar-refractivity contribution < 1.29 is 18.0 Å². The van der Waals surface area contributed by atoms with Gasteiger partial charge in [0.2, 0.25) is 21.8 Å². The van der Waals surface area contributed by atoms with E-state index < -0.39 is 10.0 Å². The number of amides is 2. The molecule has 2 aliphatic heterocycles. The Labute approximate surface area is 167 Å². The second-order valence-corrected chi connectivity index (χ2v) is 9.99. The first-order chi connectivity index (χ1) is 13.2. The van der Waals surface area contributed by atoms with Crippen LogP contribution in [0.3, 0.4) is 0 Å². The Morgan fingerprint density at radius 1 is 1.11 bits per heavy atom. The van der Waals surface area contributed by atoms with Crippen molar-refractivity contribution >= 4 is 27.5 Å². The number of carbonyl (C=O) groups is 2. The summed E-state index contributed by atoms with van der Waals surface area (Å²) in [7, 11) is -3.59. The maximum atomic E-state index is 13.1. The minimum atomic E-state index is -3.59. The van der Waals surface area contributed by atoms with E-state index in [1.807, 2.05) is 18.7 Å². The summed E-state index contributed by atoms with van der Waals surface area (Å²) in [4.78, 5) is 25.8. The number of benzene rings is 1. The Balaban J connectivity index is 1.73. The van der Waals surface area contributed by atoms with Crippen molar-refractivity contribution in [2.75, 3.05) is 25.0 Å². The Bertz CT molecular complexity index is 836. The van der Waals surface area contributed by atoms with Gasteiger partial charge in [-0.15, -0.1) is 0 Å². The molecule has 8 heteroatoms. The summed E-state index contributed by atoms with van der Waals surface area (Å²) in [5, 5.41) is 2.64. The van der Waals surface area contributed by atoms with Crippen molar-refractivity contribution in [1.29, 1.82) is 0 Å². The molecule has 1 aromatic carbocycles. The molecule has 7 nitrogen and oxygen atoms in total. The second-order valence-electron chi connectivity index (χ2n) is 8.05. The topological polar surface area (TPSA) is 86.8 Å². The highest BCUT2D eigenvalue weighted by Crippen LogP contribution is 2.35. The van der Waals surface area contributed by atoms with E-state index in [9.17, 15) is 18.0 Å². The number of piperidine rings is 1. The molecular formula is C20H29N3O4S. The molecule has 0 spiro atoms. The van der Waals surface area contributed by atoms with Crippen LogP contribution >= 0.6 is 0 Å². The molecule has 2 fully saturated rings. The maximum absolute atomic E-state index is 13.1. The zero-order chi connectivity index (χ0) is 20.5. The van der Waals surface area contributed by atoms with Gasteiger partial charge in [0.15, 0.2) is 0 Å². The summed E-state index contributed by atoms with van der Waals surface area (Å²) in [5.41, 5.74) is 0.571. The van der Waals surface area contributed by atoms with Gasteiger partial charge in [-0.2, -0.15) is 4.31 Å². The normalized spacial score (nSPS) is 24.0. The molecule has 0 saturated carbocycles. The van der Waals surface area contributed by atoms with Crippen LogP contribution in [0.4, 0.5) is 5.69 Å². The number of sulfonamides is 1. The van der Waals surface area contributed by atoms with Gasteiger partial charge in [0.25, 0.3) is 0 Å². The molecule has 2 aliphatic rings. The molecule has 0 aromatic heterocycles. The number of nitrogens with zero attached hydrogens (tertiary/aromatic N) is 2. The number of nitrogens with one attached hydrogen (secondary N) is 1. The molecule has 0 bridgehead atoms. The van der Waals surface area contributed by atoms with Crippen LogP contribution < -0.4 is 5.32 Å². The molecule has 28 heavy (non-hydrogen) atoms. The molecule has 2 amide bonds. The van der Waals surface area contributed by atoms with Crippen LogP contribution in [0, 0.1) is 11.8 Å². The molecule has 2 heterocycles. The Hall–Kier alpha value is -1.93. The van der Waals surface area contributed by atoms with Crippen LogP contribution in [0.5, 0.6) is 0 Å². The molecule has 3 rings (SSSR count). The van der Waals surface area contributed by atoms with Crippen LogP contribution in [0.25, 0.3) is 0 Å². The van der Waals surface area contributed by atoms with Gasteiger partial charge in [0.1, 0.15) is 0 Å². The van der Waals surface area contributed by atoms with Crippen LogP contribution in [0.1, 0.15) is 40.0 Å². The van der Waals surface area contributed by atoms with Gasteiger partial charge in [0, 0.05) is 44.7 Å². The molecule has 1 aromatic rings. The standard InChI is InChI=1S/C20H29N3O4S/c1-14(2)23-11-9-17-13-22(10-8-16(17)12-20(23)25)28(26,27)19-6-4-18(5-7-19)21-15(3)24/h4-7,14,16-17H,8-13H2,1-3H3,(H,21,24). The summed E-state index contributed by atoms with van der Waals surface area (Å²) in [6.07, 6.45) is 2.07.